The van der Waals surface area contributed by atoms with Gasteiger partial charge in [0.1, 0.15) is 0 Å². The van der Waals surface area contributed by atoms with Crippen molar-refractivity contribution >= 4 is 5.91 Å². The van der Waals surface area contributed by atoms with E-state index < -0.39 is 12.8 Å². The van der Waals surface area contributed by atoms with Crippen molar-refractivity contribution in [2.45, 2.75) is 44.8 Å². The minimum atomic E-state index is -4.41. The molecule has 1 aromatic heterocycles. The lowest BCUT2D eigenvalue weighted by Gasteiger charge is -2.26. The van der Waals surface area contributed by atoms with E-state index >= 15 is 0 Å². The average molecular weight is 316 g/mol. The first-order valence-electron chi connectivity index (χ1n) is 7.30. The Morgan fingerprint density at radius 2 is 2.00 bits per heavy atom. The fourth-order valence-corrected chi connectivity index (χ4v) is 2.43. The van der Waals surface area contributed by atoms with E-state index in [9.17, 15) is 18.0 Å². The van der Waals surface area contributed by atoms with Gasteiger partial charge in [0.25, 0.3) is 5.91 Å². The Labute approximate surface area is 127 Å². The van der Waals surface area contributed by atoms with Gasteiger partial charge in [-0.05, 0) is 37.7 Å². The van der Waals surface area contributed by atoms with Crippen molar-refractivity contribution in [2.24, 2.45) is 5.92 Å². The quantitative estimate of drug-likeness (QED) is 0.927. The SMILES string of the molecule is CC1CCC(NC(=O)c2ccc(OCC(F)(F)F)nc2)CC1. The van der Waals surface area contributed by atoms with Crippen LogP contribution in [0.15, 0.2) is 18.3 Å². The van der Waals surface area contributed by atoms with Crippen LogP contribution in [0.3, 0.4) is 0 Å². The Hall–Kier alpha value is -1.79. The lowest BCUT2D eigenvalue weighted by Crippen LogP contribution is -2.37. The Balaban J connectivity index is 1.85. The first kappa shape index (κ1) is 16.6. The number of alkyl halides is 3. The molecule has 122 valence electrons. The van der Waals surface area contributed by atoms with Gasteiger partial charge in [0.05, 0.1) is 5.56 Å². The third-order valence-corrected chi connectivity index (χ3v) is 3.73. The van der Waals surface area contributed by atoms with Crippen LogP contribution >= 0.6 is 0 Å². The number of carbonyl (C=O) groups is 1. The van der Waals surface area contributed by atoms with Gasteiger partial charge < -0.3 is 10.1 Å². The first-order valence-corrected chi connectivity index (χ1v) is 7.30. The summed E-state index contributed by atoms with van der Waals surface area (Å²) in [5.41, 5.74) is 0.318. The zero-order valence-electron chi connectivity index (χ0n) is 12.3. The van der Waals surface area contributed by atoms with Crippen molar-refractivity contribution in [1.29, 1.82) is 0 Å². The summed E-state index contributed by atoms with van der Waals surface area (Å²) in [7, 11) is 0. The molecule has 1 aliphatic carbocycles. The zero-order valence-corrected chi connectivity index (χ0v) is 12.3. The first-order chi connectivity index (χ1) is 10.3. The summed E-state index contributed by atoms with van der Waals surface area (Å²) in [6.45, 7) is 0.799. The standard InChI is InChI=1S/C15H19F3N2O2/c1-10-2-5-12(6-3-10)20-14(21)11-4-7-13(19-8-11)22-9-15(16,17)18/h4,7-8,10,12H,2-3,5-6,9H2,1H3,(H,20,21). The highest BCUT2D eigenvalue weighted by molar-refractivity contribution is 5.94. The molecule has 0 spiro atoms. The molecule has 2 rings (SSSR count). The molecule has 1 heterocycles. The summed E-state index contributed by atoms with van der Waals surface area (Å²) in [4.78, 5) is 15.8. The van der Waals surface area contributed by atoms with Gasteiger partial charge in [-0.15, -0.1) is 0 Å². The molecule has 0 radical (unpaired) electrons. The number of hydrogen-bond acceptors (Lipinski definition) is 3. The highest BCUT2D eigenvalue weighted by Crippen LogP contribution is 2.23. The lowest BCUT2D eigenvalue weighted by molar-refractivity contribution is -0.154. The molecule has 22 heavy (non-hydrogen) atoms. The maximum Gasteiger partial charge on any atom is 0.422 e. The average Bonchev–Trinajstić information content (AvgIpc) is 2.47. The van der Waals surface area contributed by atoms with Crippen LogP contribution in [0.2, 0.25) is 0 Å². The molecule has 1 fully saturated rings. The number of carbonyl (C=O) groups excluding carboxylic acids is 1. The Morgan fingerprint density at radius 3 is 2.55 bits per heavy atom. The van der Waals surface area contributed by atoms with E-state index in [1.807, 2.05) is 0 Å². The maximum atomic E-state index is 12.1. The fraction of sp³-hybridized carbons (Fsp3) is 0.600. The highest BCUT2D eigenvalue weighted by atomic mass is 19.4. The smallest absolute Gasteiger partial charge is 0.422 e. The van der Waals surface area contributed by atoms with Gasteiger partial charge in [0.2, 0.25) is 5.88 Å². The lowest BCUT2D eigenvalue weighted by atomic mass is 9.87. The molecule has 4 nitrogen and oxygen atoms in total. The molecule has 0 unspecified atom stereocenters. The van der Waals surface area contributed by atoms with Gasteiger partial charge in [0.15, 0.2) is 6.61 Å². The second-order valence-electron chi connectivity index (χ2n) is 5.72. The van der Waals surface area contributed by atoms with E-state index in [2.05, 4.69) is 22.0 Å². The van der Waals surface area contributed by atoms with E-state index in [4.69, 9.17) is 0 Å². The molecule has 1 N–H and O–H groups in total. The van der Waals surface area contributed by atoms with E-state index in [0.717, 1.165) is 25.7 Å². The van der Waals surface area contributed by atoms with Crippen LogP contribution in [0.4, 0.5) is 13.2 Å². The van der Waals surface area contributed by atoms with Crippen LogP contribution in [-0.2, 0) is 0 Å². The zero-order chi connectivity index (χ0) is 16.2. The topological polar surface area (TPSA) is 51.2 Å². The Kier molecular flexibility index (Phi) is 5.26. The largest absolute Gasteiger partial charge is 0.468 e. The predicted molar refractivity (Wildman–Crippen MR) is 74.7 cm³/mol. The maximum absolute atomic E-state index is 12.1. The van der Waals surface area contributed by atoms with Gasteiger partial charge >= 0.3 is 6.18 Å². The van der Waals surface area contributed by atoms with Gasteiger partial charge in [0, 0.05) is 18.3 Å². The van der Waals surface area contributed by atoms with E-state index in [1.165, 1.54) is 18.3 Å². The van der Waals surface area contributed by atoms with Gasteiger partial charge in [-0.25, -0.2) is 4.98 Å². The Morgan fingerprint density at radius 1 is 1.32 bits per heavy atom. The molecule has 0 atom stereocenters. The van der Waals surface area contributed by atoms with Gasteiger partial charge in [-0.3, -0.25) is 4.79 Å². The van der Waals surface area contributed by atoms with E-state index in [-0.39, 0.29) is 17.8 Å². The van der Waals surface area contributed by atoms with E-state index in [0.29, 0.717) is 11.5 Å². The molecular weight excluding hydrogens is 297 g/mol. The minimum Gasteiger partial charge on any atom is -0.468 e. The summed E-state index contributed by atoms with van der Waals surface area (Å²) in [6.07, 6.45) is 0.906. The molecule has 1 saturated carbocycles. The molecule has 1 aliphatic rings. The molecule has 0 saturated heterocycles. The van der Waals surface area contributed by atoms with Crippen LogP contribution in [-0.4, -0.2) is 29.7 Å². The third-order valence-electron chi connectivity index (χ3n) is 3.73. The summed E-state index contributed by atoms with van der Waals surface area (Å²) >= 11 is 0. The van der Waals surface area contributed by atoms with Gasteiger partial charge in [-0.1, -0.05) is 6.92 Å². The number of rotatable bonds is 4. The predicted octanol–water partition coefficient (Wildman–Crippen LogP) is 3.33. The number of pyridine rings is 1. The van der Waals surface area contributed by atoms with Gasteiger partial charge in [-0.2, -0.15) is 13.2 Å². The Bertz CT molecular complexity index is 495. The molecule has 0 aromatic carbocycles. The highest BCUT2D eigenvalue weighted by Gasteiger charge is 2.28. The number of amides is 1. The summed E-state index contributed by atoms with van der Waals surface area (Å²) in [6, 6.07) is 2.84. The summed E-state index contributed by atoms with van der Waals surface area (Å²) < 4.78 is 40.6. The van der Waals surface area contributed by atoms with Crippen LogP contribution in [0.25, 0.3) is 0 Å². The second kappa shape index (κ2) is 6.98. The number of halogens is 3. The van der Waals surface area contributed by atoms with Crippen molar-refractivity contribution in [3.05, 3.63) is 23.9 Å². The molecule has 1 aromatic rings. The molecule has 0 aliphatic heterocycles. The van der Waals surface area contributed by atoms with Crippen LogP contribution in [0.5, 0.6) is 5.88 Å². The molecule has 1 amide bonds. The minimum absolute atomic E-state index is 0.152. The van der Waals surface area contributed by atoms with E-state index in [1.54, 1.807) is 0 Å². The van der Waals surface area contributed by atoms with Crippen molar-refractivity contribution < 1.29 is 22.7 Å². The van der Waals surface area contributed by atoms with Crippen molar-refractivity contribution in [2.75, 3.05) is 6.61 Å². The second-order valence-corrected chi connectivity index (χ2v) is 5.72. The monoisotopic (exact) mass is 316 g/mol. The number of nitrogens with one attached hydrogen (secondary N) is 1. The number of nitrogens with zero attached hydrogens (tertiary/aromatic N) is 1. The molecule has 7 heteroatoms. The molecule has 0 bridgehead atoms. The summed E-state index contributed by atoms with van der Waals surface area (Å²) in [5, 5.41) is 2.93. The third kappa shape index (κ3) is 5.20. The molecular formula is C15H19F3N2O2. The van der Waals surface area contributed by atoms with Crippen LogP contribution in [0, 0.1) is 5.92 Å². The number of hydrogen-bond donors (Lipinski definition) is 1. The van der Waals surface area contributed by atoms with Crippen molar-refractivity contribution in [3.8, 4) is 5.88 Å². The van der Waals surface area contributed by atoms with Crippen LogP contribution < -0.4 is 10.1 Å². The fourth-order valence-electron chi connectivity index (χ4n) is 2.43. The number of ether oxygens (including phenoxy) is 1. The van der Waals surface area contributed by atoms with Crippen molar-refractivity contribution in [1.82, 2.24) is 10.3 Å². The number of aromatic nitrogens is 1. The normalized spacial score (nSPS) is 22.2. The van der Waals surface area contributed by atoms with Crippen LogP contribution in [0.1, 0.15) is 43.0 Å². The van der Waals surface area contributed by atoms with Crippen molar-refractivity contribution in [3.63, 3.8) is 0 Å². The summed E-state index contributed by atoms with van der Waals surface area (Å²) in [5.74, 6) is 0.287.